The Hall–Kier alpha value is -3.36. The second-order valence-corrected chi connectivity index (χ2v) is 6.70. The Balaban J connectivity index is 1.98. The van der Waals surface area contributed by atoms with E-state index in [4.69, 9.17) is 5.26 Å². The van der Waals surface area contributed by atoms with E-state index >= 15 is 0 Å². The molecule has 0 bridgehead atoms. The van der Waals surface area contributed by atoms with Gasteiger partial charge in [0.15, 0.2) is 5.78 Å². The van der Waals surface area contributed by atoms with Gasteiger partial charge in [-0.05, 0) is 42.8 Å². The van der Waals surface area contributed by atoms with Gasteiger partial charge in [-0.2, -0.15) is 5.26 Å². The molecule has 0 aliphatic heterocycles. The number of Topliss-reactive ketones (excluding diaryl/α,β-unsaturated/α-hetero) is 2. The van der Waals surface area contributed by atoms with Crippen LogP contribution in [0, 0.1) is 18.3 Å². The maximum Gasteiger partial charge on any atom is 0.266 e. The van der Waals surface area contributed by atoms with Crippen LogP contribution >= 0.6 is 11.3 Å². The Kier molecular flexibility index (Phi) is 5.16. The van der Waals surface area contributed by atoms with E-state index in [0.717, 1.165) is 21.0 Å². The molecular weight excluding hydrogens is 344 g/mol. The Morgan fingerprint density at radius 1 is 1.12 bits per heavy atom. The van der Waals surface area contributed by atoms with Gasteiger partial charge in [0.2, 0.25) is 0 Å². The van der Waals surface area contributed by atoms with Crippen molar-refractivity contribution in [2.24, 2.45) is 0 Å². The molecule has 0 atom stereocenters. The zero-order valence-corrected chi connectivity index (χ0v) is 14.8. The lowest BCUT2D eigenvalue weighted by molar-refractivity contribution is -0.110. The summed E-state index contributed by atoms with van der Waals surface area (Å²) in [5.74, 6) is -1.29. The summed E-state index contributed by atoms with van der Waals surface area (Å²) in [7, 11) is 0. The lowest BCUT2D eigenvalue weighted by Crippen LogP contribution is -2.11. The molecule has 0 saturated heterocycles. The Labute approximate surface area is 155 Å². The summed E-state index contributed by atoms with van der Waals surface area (Å²) in [6.45, 7) is 1.92. The minimum absolute atomic E-state index is 0.127. The molecule has 0 aliphatic carbocycles. The third kappa shape index (κ3) is 3.82. The average molecular weight is 358 g/mol. The number of pyridine rings is 1. The number of hydrogen-bond donors (Lipinski definition) is 0. The first kappa shape index (κ1) is 17.5. The molecule has 126 valence electrons. The third-order valence-corrected chi connectivity index (χ3v) is 4.80. The van der Waals surface area contributed by atoms with Gasteiger partial charge in [-0.3, -0.25) is 14.6 Å². The topological polar surface area (TPSA) is 70.8 Å². The highest BCUT2D eigenvalue weighted by atomic mass is 32.1. The van der Waals surface area contributed by atoms with Crippen molar-refractivity contribution in [2.45, 2.75) is 6.92 Å². The van der Waals surface area contributed by atoms with Crippen LogP contribution < -0.4 is 0 Å². The molecule has 0 saturated carbocycles. The van der Waals surface area contributed by atoms with Crippen LogP contribution in [-0.4, -0.2) is 16.6 Å². The summed E-state index contributed by atoms with van der Waals surface area (Å²) in [5.41, 5.74) is 2.18. The van der Waals surface area contributed by atoms with Crippen LogP contribution in [0.1, 0.15) is 20.9 Å². The summed E-state index contributed by atoms with van der Waals surface area (Å²) in [4.78, 5) is 30.5. The van der Waals surface area contributed by atoms with Crippen LogP contribution in [0.3, 0.4) is 0 Å². The van der Waals surface area contributed by atoms with Crippen molar-refractivity contribution < 1.29 is 9.59 Å². The molecule has 5 heteroatoms. The molecule has 4 nitrogen and oxygen atoms in total. The molecule has 3 aromatic rings. The smallest absolute Gasteiger partial charge is 0.266 e. The zero-order valence-electron chi connectivity index (χ0n) is 14.0. The van der Waals surface area contributed by atoms with Crippen LogP contribution in [0.2, 0.25) is 0 Å². The molecule has 2 aromatic heterocycles. The number of aryl methyl sites for hydroxylation is 1. The van der Waals surface area contributed by atoms with E-state index in [2.05, 4.69) is 4.98 Å². The van der Waals surface area contributed by atoms with Gasteiger partial charge >= 0.3 is 0 Å². The number of thiophene rings is 1. The lowest BCUT2D eigenvalue weighted by atomic mass is 10.00. The SMILES string of the molecule is Cc1cc(-c2ccc(/C=C(\C(=O)C#N)C(=O)c3ccccc3)s2)ccn1. The van der Waals surface area contributed by atoms with E-state index < -0.39 is 11.6 Å². The molecule has 26 heavy (non-hydrogen) atoms. The van der Waals surface area contributed by atoms with Gasteiger partial charge in [-0.25, -0.2) is 0 Å². The van der Waals surface area contributed by atoms with Crippen molar-refractivity contribution in [1.29, 1.82) is 5.26 Å². The average Bonchev–Trinajstić information content (AvgIpc) is 3.14. The molecule has 0 N–H and O–H groups in total. The van der Waals surface area contributed by atoms with Gasteiger partial charge in [0.05, 0.1) is 5.57 Å². The predicted molar refractivity (Wildman–Crippen MR) is 102 cm³/mol. The maximum atomic E-state index is 12.6. The van der Waals surface area contributed by atoms with E-state index in [1.807, 2.05) is 31.2 Å². The second kappa shape index (κ2) is 7.68. The van der Waals surface area contributed by atoms with Crippen molar-refractivity contribution in [2.75, 3.05) is 0 Å². The van der Waals surface area contributed by atoms with Crippen molar-refractivity contribution in [3.63, 3.8) is 0 Å². The largest absolute Gasteiger partial charge is 0.288 e. The van der Waals surface area contributed by atoms with E-state index in [-0.39, 0.29) is 5.57 Å². The number of benzene rings is 1. The highest BCUT2D eigenvalue weighted by Crippen LogP contribution is 2.30. The number of aromatic nitrogens is 1. The van der Waals surface area contributed by atoms with Gasteiger partial charge in [0.1, 0.15) is 6.07 Å². The van der Waals surface area contributed by atoms with E-state index in [9.17, 15) is 9.59 Å². The number of carbonyl (C=O) groups is 2. The predicted octanol–water partition coefficient (Wildman–Crippen LogP) is 4.48. The van der Waals surface area contributed by atoms with Crippen molar-refractivity contribution in [3.05, 3.63) is 82.5 Å². The van der Waals surface area contributed by atoms with Crippen LogP contribution in [0.15, 0.2) is 66.4 Å². The van der Waals surface area contributed by atoms with E-state index in [1.165, 1.54) is 17.4 Å². The fraction of sp³-hybridized carbons (Fsp3) is 0.0476. The van der Waals surface area contributed by atoms with Gasteiger partial charge < -0.3 is 0 Å². The third-order valence-electron chi connectivity index (χ3n) is 3.72. The summed E-state index contributed by atoms with van der Waals surface area (Å²) in [6, 6.07) is 17.7. The highest BCUT2D eigenvalue weighted by molar-refractivity contribution is 7.16. The Morgan fingerprint density at radius 3 is 2.58 bits per heavy atom. The Morgan fingerprint density at radius 2 is 1.88 bits per heavy atom. The molecule has 3 rings (SSSR count). The lowest BCUT2D eigenvalue weighted by Gasteiger charge is -2.01. The number of hydrogen-bond acceptors (Lipinski definition) is 5. The van der Waals surface area contributed by atoms with E-state index in [1.54, 1.807) is 42.6 Å². The number of nitriles is 1. The number of rotatable bonds is 5. The fourth-order valence-corrected chi connectivity index (χ4v) is 3.41. The first-order valence-electron chi connectivity index (χ1n) is 7.87. The minimum Gasteiger partial charge on any atom is -0.288 e. The molecule has 2 heterocycles. The first-order valence-corrected chi connectivity index (χ1v) is 8.69. The van der Waals surface area contributed by atoms with Crippen LogP contribution in [0.25, 0.3) is 16.5 Å². The van der Waals surface area contributed by atoms with Crippen molar-refractivity contribution in [1.82, 2.24) is 4.98 Å². The number of ketones is 2. The van der Waals surface area contributed by atoms with Gasteiger partial charge in [0, 0.05) is 27.2 Å². The van der Waals surface area contributed by atoms with Crippen molar-refractivity contribution >= 4 is 29.0 Å². The van der Waals surface area contributed by atoms with Crippen LogP contribution in [0.4, 0.5) is 0 Å². The molecule has 0 aliphatic rings. The first-order chi connectivity index (χ1) is 12.6. The number of nitrogens with zero attached hydrogens (tertiary/aromatic N) is 2. The van der Waals surface area contributed by atoms with Gasteiger partial charge in [-0.1, -0.05) is 30.3 Å². The van der Waals surface area contributed by atoms with Crippen molar-refractivity contribution in [3.8, 4) is 16.5 Å². The number of carbonyl (C=O) groups excluding carboxylic acids is 2. The summed E-state index contributed by atoms with van der Waals surface area (Å²) >= 11 is 1.45. The number of allylic oxidation sites excluding steroid dienone is 1. The summed E-state index contributed by atoms with van der Waals surface area (Å²) in [6.07, 6.45) is 3.23. The summed E-state index contributed by atoms with van der Waals surface area (Å²) in [5, 5.41) is 9.00. The molecule has 0 fully saturated rings. The van der Waals surface area contributed by atoms with Gasteiger partial charge in [0.25, 0.3) is 5.78 Å². The quantitative estimate of drug-likeness (QED) is 0.222. The zero-order chi connectivity index (χ0) is 18.5. The van der Waals surface area contributed by atoms with E-state index in [0.29, 0.717) is 5.56 Å². The molecular formula is C21H14N2O2S. The molecule has 0 amide bonds. The van der Waals surface area contributed by atoms with Crippen LogP contribution in [0.5, 0.6) is 0 Å². The maximum absolute atomic E-state index is 12.6. The molecule has 0 unspecified atom stereocenters. The molecule has 0 radical (unpaired) electrons. The molecule has 1 aromatic carbocycles. The monoisotopic (exact) mass is 358 g/mol. The fourth-order valence-electron chi connectivity index (χ4n) is 2.47. The normalized spacial score (nSPS) is 11.0. The summed E-state index contributed by atoms with van der Waals surface area (Å²) < 4.78 is 0. The Bertz CT molecular complexity index is 1040. The standard InChI is InChI=1S/C21H14N2O2S/c1-14-11-16(9-10-23-14)20-8-7-17(26-20)12-18(19(24)13-22)21(25)15-5-3-2-4-6-15/h2-12H,1H3/b18-12+. The highest BCUT2D eigenvalue weighted by Gasteiger charge is 2.20. The van der Waals surface area contributed by atoms with Gasteiger partial charge in [-0.15, -0.1) is 11.3 Å². The second-order valence-electron chi connectivity index (χ2n) is 5.58. The molecule has 0 spiro atoms. The van der Waals surface area contributed by atoms with Crippen LogP contribution in [-0.2, 0) is 4.79 Å². The minimum atomic E-state index is -0.839.